The molecule has 6 nitrogen and oxygen atoms in total. The van der Waals surface area contributed by atoms with Gasteiger partial charge in [0.25, 0.3) is 5.91 Å². The van der Waals surface area contributed by atoms with Crippen molar-refractivity contribution in [1.29, 1.82) is 0 Å². The number of fused-ring (bicyclic) bond motifs is 1. The van der Waals surface area contributed by atoms with Crippen LogP contribution < -0.4 is 14.7 Å². The number of carbonyl (C=O) groups excluding carboxylic acids is 2. The van der Waals surface area contributed by atoms with Crippen molar-refractivity contribution in [2.24, 2.45) is 5.92 Å². The SMILES string of the molecule is CCCCOc1ccc(N2C(=O)[C@H]3[C@H](ON(c4ccccc4)[C@H]3c3ccc(C(C)(C)C)cc3)C2=O)cc1. The molecule has 0 bridgehead atoms. The fourth-order valence-corrected chi connectivity index (χ4v) is 5.01. The van der Waals surface area contributed by atoms with Gasteiger partial charge in [-0.05, 0) is 59.4 Å². The molecule has 2 amide bonds. The van der Waals surface area contributed by atoms with Crippen molar-refractivity contribution < 1.29 is 19.2 Å². The normalized spacial score (nSPS) is 21.5. The first-order valence-electron chi connectivity index (χ1n) is 13.0. The van der Waals surface area contributed by atoms with Crippen LogP contribution in [0.2, 0.25) is 0 Å². The molecule has 0 saturated carbocycles. The topological polar surface area (TPSA) is 59.1 Å². The molecule has 3 atom stereocenters. The number of unbranched alkanes of at least 4 members (excludes halogenated alkanes) is 1. The number of amides is 2. The summed E-state index contributed by atoms with van der Waals surface area (Å²) in [5.41, 5.74) is 3.49. The van der Waals surface area contributed by atoms with Gasteiger partial charge in [0.2, 0.25) is 5.91 Å². The minimum Gasteiger partial charge on any atom is -0.494 e. The summed E-state index contributed by atoms with van der Waals surface area (Å²) >= 11 is 0. The van der Waals surface area contributed by atoms with Crippen molar-refractivity contribution in [3.8, 4) is 5.75 Å². The number of benzene rings is 3. The van der Waals surface area contributed by atoms with Gasteiger partial charge in [-0.1, -0.05) is 76.6 Å². The Kier molecular flexibility index (Phi) is 6.78. The number of anilines is 2. The Bertz CT molecular complexity index is 1250. The molecular weight excluding hydrogens is 464 g/mol. The van der Waals surface area contributed by atoms with Gasteiger partial charge in [-0.15, -0.1) is 0 Å². The molecule has 0 spiro atoms. The molecule has 3 aromatic carbocycles. The average Bonchev–Trinajstić information content (AvgIpc) is 3.41. The summed E-state index contributed by atoms with van der Waals surface area (Å²) in [5, 5.41) is 1.74. The number of ether oxygens (including phenoxy) is 1. The quantitative estimate of drug-likeness (QED) is 0.286. The number of nitrogens with zero attached hydrogens (tertiary/aromatic N) is 2. The van der Waals surface area contributed by atoms with Crippen molar-refractivity contribution in [1.82, 2.24) is 0 Å². The van der Waals surface area contributed by atoms with Gasteiger partial charge in [-0.3, -0.25) is 14.4 Å². The van der Waals surface area contributed by atoms with Gasteiger partial charge in [0.05, 0.1) is 24.0 Å². The van der Waals surface area contributed by atoms with E-state index in [1.54, 1.807) is 29.3 Å². The Morgan fingerprint density at radius 3 is 2.14 bits per heavy atom. The predicted octanol–water partition coefficient (Wildman–Crippen LogP) is 6.21. The number of para-hydroxylation sites is 1. The molecule has 2 aliphatic rings. The monoisotopic (exact) mass is 498 g/mol. The second-order valence-corrected chi connectivity index (χ2v) is 10.7. The van der Waals surface area contributed by atoms with Crippen LogP contribution in [0.1, 0.15) is 57.7 Å². The molecule has 0 N–H and O–H groups in total. The van der Waals surface area contributed by atoms with E-state index < -0.39 is 18.1 Å². The maximum atomic E-state index is 13.8. The zero-order valence-electron chi connectivity index (χ0n) is 21.9. The minimum atomic E-state index is -0.888. The van der Waals surface area contributed by atoms with Gasteiger partial charge in [-0.2, -0.15) is 0 Å². The van der Waals surface area contributed by atoms with Crippen molar-refractivity contribution in [2.75, 3.05) is 16.6 Å². The van der Waals surface area contributed by atoms with Crippen LogP contribution in [0.25, 0.3) is 0 Å². The Morgan fingerprint density at radius 1 is 0.838 bits per heavy atom. The largest absolute Gasteiger partial charge is 0.494 e. The van der Waals surface area contributed by atoms with Gasteiger partial charge in [0.1, 0.15) is 11.7 Å². The fourth-order valence-electron chi connectivity index (χ4n) is 5.01. The first-order chi connectivity index (χ1) is 17.8. The standard InChI is InChI=1S/C31H34N2O4/c1-5-6-20-36-25-18-16-23(17-19-25)32-29(34)26-27(21-12-14-22(15-13-21)31(2,3)4)33(37-28(26)30(32)35)24-10-8-7-9-11-24/h7-19,26-28H,5-6,20H2,1-4H3/t26-,27+,28+/m1/s1. The van der Waals surface area contributed by atoms with Crippen LogP contribution in [0.3, 0.4) is 0 Å². The lowest BCUT2D eigenvalue weighted by Gasteiger charge is -2.29. The molecular formula is C31H34N2O4. The lowest BCUT2D eigenvalue weighted by Crippen LogP contribution is -2.37. The highest BCUT2D eigenvalue weighted by atomic mass is 16.7. The van der Waals surface area contributed by atoms with Crippen LogP contribution in [0, 0.1) is 5.92 Å². The highest BCUT2D eigenvalue weighted by Crippen LogP contribution is 2.47. The molecule has 0 aliphatic carbocycles. The lowest BCUT2D eigenvalue weighted by atomic mass is 9.84. The minimum absolute atomic E-state index is 0.00865. The van der Waals surface area contributed by atoms with Crippen LogP contribution in [0.15, 0.2) is 78.9 Å². The molecule has 6 heteroatoms. The molecule has 37 heavy (non-hydrogen) atoms. The molecule has 5 rings (SSSR count). The number of imide groups is 1. The highest BCUT2D eigenvalue weighted by molar-refractivity contribution is 6.23. The summed E-state index contributed by atoms with van der Waals surface area (Å²) in [7, 11) is 0. The lowest BCUT2D eigenvalue weighted by molar-refractivity contribution is -0.126. The summed E-state index contributed by atoms with van der Waals surface area (Å²) in [5.74, 6) is -0.532. The maximum Gasteiger partial charge on any atom is 0.266 e. The summed E-state index contributed by atoms with van der Waals surface area (Å²) in [6, 6.07) is 24.7. The molecule has 2 fully saturated rings. The van der Waals surface area contributed by atoms with Crippen molar-refractivity contribution in [3.63, 3.8) is 0 Å². The van der Waals surface area contributed by atoms with Gasteiger partial charge in [0, 0.05) is 0 Å². The van der Waals surface area contributed by atoms with Crippen LogP contribution in [-0.2, 0) is 19.8 Å². The molecule has 3 aromatic rings. The maximum absolute atomic E-state index is 13.8. The molecule has 0 radical (unpaired) electrons. The van der Waals surface area contributed by atoms with E-state index in [1.165, 1.54) is 10.5 Å². The van der Waals surface area contributed by atoms with Crippen LogP contribution in [0.4, 0.5) is 11.4 Å². The smallest absolute Gasteiger partial charge is 0.266 e. The zero-order chi connectivity index (χ0) is 26.2. The fraction of sp³-hybridized carbons (Fsp3) is 0.355. The molecule has 0 aromatic heterocycles. The third-order valence-corrected chi connectivity index (χ3v) is 7.11. The first-order valence-corrected chi connectivity index (χ1v) is 13.0. The van der Waals surface area contributed by atoms with Crippen molar-refractivity contribution in [3.05, 3.63) is 90.0 Å². The van der Waals surface area contributed by atoms with E-state index in [-0.39, 0.29) is 17.2 Å². The van der Waals surface area contributed by atoms with E-state index >= 15 is 0 Å². The van der Waals surface area contributed by atoms with E-state index in [2.05, 4.69) is 52.0 Å². The van der Waals surface area contributed by atoms with Crippen LogP contribution >= 0.6 is 0 Å². The summed E-state index contributed by atoms with van der Waals surface area (Å²) in [6.45, 7) is 9.26. The van der Waals surface area contributed by atoms with Crippen LogP contribution in [-0.4, -0.2) is 24.5 Å². The van der Waals surface area contributed by atoms with Gasteiger partial charge in [0.15, 0.2) is 6.10 Å². The number of carbonyl (C=O) groups is 2. The number of hydrogen-bond donors (Lipinski definition) is 0. The van der Waals surface area contributed by atoms with Gasteiger partial charge < -0.3 is 4.74 Å². The van der Waals surface area contributed by atoms with E-state index in [9.17, 15) is 9.59 Å². The summed E-state index contributed by atoms with van der Waals surface area (Å²) in [4.78, 5) is 34.9. The molecule has 2 heterocycles. The molecule has 2 saturated heterocycles. The Morgan fingerprint density at radius 2 is 1.51 bits per heavy atom. The molecule has 2 aliphatic heterocycles. The Labute approximate surface area is 218 Å². The first kappa shape index (κ1) is 25.0. The van der Waals surface area contributed by atoms with E-state index in [0.29, 0.717) is 12.3 Å². The third-order valence-electron chi connectivity index (χ3n) is 7.11. The van der Waals surface area contributed by atoms with Crippen molar-refractivity contribution >= 4 is 23.2 Å². The van der Waals surface area contributed by atoms with Gasteiger partial charge >= 0.3 is 0 Å². The van der Waals surface area contributed by atoms with E-state index in [4.69, 9.17) is 9.57 Å². The second-order valence-electron chi connectivity index (χ2n) is 10.7. The Balaban J connectivity index is 1.47. The third kappa shape index (κ3) is 4.74. The second kappa shape index (κ2) is 10.0. The predicted molar refractivity (Wildman–Crippen MR) is 145 cm³/mol. The van der Waals surface area contributed by atoms with E-state index in [0.717, 1.165) is 29.8 Å². The number of hydroxylamine groups is 1. The Hall–Kier alpha value is -3.64. The van der Waals surface area contributed by atoms with Gasteiger partial charge in [-0.25, -0.2) is 9.96 Å². The zero-order valence-corrected chi connectivity index (χ0v) is 21.9. The van der Waals surface area contributed by atoms with E-state index in [1.807, 2.05) is 30.3 Å². The molecule has 192 valence electrons. The number of hydrogen-bond acceptors (Lipinski definition) is 5. The average molecular weight is 499 g/mol. The van der Waals surface area contributed by atoms with Crippen LogP contribution in [0.5, 0.6) is 5.75 Å². The molecule has 0 unspecified atom stereocenters. The summed E-state index contributed by atoms with van der Waals surface area (Å²) < 4.78 is 5.74. The highest BCUT2D eigenvalue weighted by Gasteiger charge is 2.60. The van der Waals surface area contributed by atoms with Crippen molar-refractivity contribution in [2.45, 2.75) is 58.1 Å². The number of rotatable bonds is 7. The summed E-state index contributed by atoms with van der Waals surface area (Å²) in [6.07, 6.45) is 1.14.